The summed E-state index contributed by atoms with van der Waals surface area (Å²) < 4.78 is 38.1. The fraction of sp³-hybridized carbons (Fsp3) is 0.0870. The SMILES string of the molecule is Cc1cc([N+](=O)[O-])cc([N+](=O)[O-])c1.N#C/C(=C\c1ccc([N+](=O)[O-])cc1)c1cccc(C(F)(F)F)c1. The number of aryl methyl sites for hydroxylation is 1. The zero-order chi connectivity index (χ0) is 27.0. The van der Waals surface area contributed by atoms with Gasteiger partial charge >= 0.3 is 6.18 Å². The van der Waals surface area contributed by atoms with Crippen LogP contribution in [0.4, 0.5) is 30.2 Å². The number of allylic oxidation sites excluding steroid dienone is 1. The highest BCUT2D eigenvalue weighted by Gasteiger charge is 2.30. The van der Waals surface area contributed by atoms with E-state index >= 15 is 0 Å². The fourth-order valence-corrected chi connectivity index (χ4v) is 2.86. The normalized spacial score (nSPS) is 11.0. The summed E-state index contributed by atoms with van der Waals surface area (Å²) in [5, 5.41) is 40.4. The smallest absolute Gasteiger partial charge is 0.258 e. The first-order chi connectivity index (χ1) is 16.8. The first-order valence-electron chi connectivity index (χ1n) is 9.76. The van der Waals surface area contributed by atoms with Gasteiger partial charge in [-0.3, -0.25) is 30.3 Å². The molecule has 0 amide bonds. The van der Waals surface area contributed by atoms with Gasteiger partial charge in [0.25, 0.3) is 17.1 Å². The lowest BCUT2D eigenvalue weighted by molar-refractivity contribution is -0.394. The number of benzene rings is 3. The van der Waals surface area contributed by atoms with Crippen LogP contribution in [0.2, 0.25) is 0 Å². The summed E-state index contributed by atoms with van der Waals surface area (Å²) in [5.41, 5.74) is -0.339. The highest BCUT2D eigenvalue weighted by atomic mass is 19.4. The van der Waals surface area contributed by atoms with E-state index in [4.69, 9.17) is 5.26 Å². The Morgan fingerprint density at radius 3 is 1.81 bits per heavy atom. The van der Waals surface area contributed by atoms with E-state index in [-0.39, 0.29) is 28.2 Å². The lowest BCUT2D eigenvalue weighted by Gasteiger charge is -2.08. The molecule has 0 aliphatic heterocycles. The van der Waals surface area contributed by atoms with Crippen molar-refractivity contribution in [3.05, 3.63) is 119 Å². The molecule has 184 valence electrons. The van der Waals surface area contributed by atoms with Crippen LogP contribution in [0.1, 0.15) is 22.3 Å². The Kier molecular flexibility index (Phi) is 8.54. The maximum Gasteiger partial charge on any atom is 0.416 e. The van der Waals surface area contributed by atoms with Gasteiger partial charge in [0, 0.05) is 24.3 Å². The van der Waals surface area contributed by atoms with Crippen molar-refractivity contribution in [2.75, 3.05) is 0 Å². The van der Waals surface area contributed by atoms with E-state index in [0.717, 1.165) is 18.2 Å². The summed E-state index contributed by atoms with van der Waals surface area (Å²) in [6.07, 6.45) is -3.12. The highest BCUT2D eigenvalue weighted by molar-refractivity contribution is 5.89. The molecular formula is C23H15F3N4O6. The Morgan fingerprint density at radius 1 is 0.833 bits per heavy atom. The van der Waals surface area contributed by atoms with Crippen molar-refractivity contribution in [2.24, 2.45) is 0 Å². The standard InChI is InChI=1S/C16H9F3N2O2.C7H6N2O4/c17-16(18,19)14-3-1-2-12(9-14)13(10-20)8-11-4-6-15(7-5-11)21(22)23;1-5-2-6(8(10)11)4-7(3-5)9(12)13/h1-9H;2-4H,1H3/b13-8+;. The number of halogens is 3. The van der Waals surface area contributed by atoms with E-state index in [1.165, 1.54) is 54.6 Å². The van der Waals surface area contributed by atoms with Gasteiger partial charge < -0.3 is 0 Å². The van der Waals surface area contributed by atoms with E-state index < -0.39 is 26.5 Å². The van der Waals surface area contributed by atoms with Crippen molar-refractivity contribution < 1.29 is 27.9 Å². The number of non-ortho nitro benzene ring substituents is 3. The first kappa shape index (κ1) is 27.1. The molecule has 36 heavy (non-hydrogen) atoms. The van der Waals surface area contributed by atoms with Crippen LogP contribution < -0.4 is 0 Å². The number of nitrogens with zero attached hydrogens (tertiary/aromatic N) is 4. The van der Waals surface area contributed by atoms with Gasteiger partial charge in [0.05, 0.1) is 38.0 Å². The minimum atomic E-state index is -4.50. The van der Waals surface area contributed by atoms with E-state index in [0.29, 0.717) is 11.1 Å². The van der Waals surface area contributed by atoms with Gasteiger partial charge in [0.15, 0.2) is 0 Å². The topological polar surface area (TPSA) is 153 Å². The second-order valence-corrected chi connectivity index (χ2v) is 7.14. The summed E-state index contributed by atoms with van der Waals surface area (Å²) in [6.45, 7) is 1.57. The predicted octanol–water partition coefficient (Wildman–Crippen LogP) is 6.49. The molecule has 0 N–H and O–H groups in total. The molecule has 0 spiro atoms. The average Bonchev–Trinajstić information content (AvgIpc) is 2.82. The van der Waals surface area contributed by atoms with Crippen LogP contribution in [-0.2, 0) is 6.18 Å². The summed E-state index contributed by atoms with van der Waals surface area (Å²) in [6, 6.07) is 15.1. The number of nitriles is 1. The molecular weight excluding hydrogens is 485 g/mol. The van der Waals surface area contributed by atoms with E-state index in [1.807, 2.05) is 6.07 Å². The molecule has 0 radical (unpaired) electrons. The van der Waals surface area contributed by atoms with Gasteiger partial charge in [-0.2, -0.15) is 18.4 Å². The van der Waals surface area contributed by atoms with E-state index in [9.17, 15) is 43.5 Å². The van der Waals surface area contributed by atoms with Crippen molar-refractivity contribution in [2.45, 2.75) is 13.1 Å². The number of nitro groups is 3. The number of rotatable bonds is 5. The molecule has 0 aromatic heterocycles. The molecule has 3 rings (SSSR count). The van der Waals surface area contributed by atoms with Crippen LogP contribution in [-0.4, -0.2) is 14.8 Å². The molecule has 13 heteroatoms. The fourth-order valence-electron chi connectivity index (χ4n) is 2.86. The van der Waals surface area contributed by atoms with Gasteiger partial charge in [-0.1, -0.05) is 12.1 Å². The number of nitro benzene ring substituents is 3. The number of alkyl halides is 3. The molecule has 0 unspecified atom stereocenters. The Labute approximate surface area is 201 Å². The van der Waals surface area contributed by atoms with Crippen molar-refractivity contribution in [3.8, 4) is 6.07 Å². The molecule has 0 saturated carbocycles. The monoisotopic (exact) mass is 500 g/mol. The second kappa shape index (κ2) is 11.3. The van der Waals surface area contributed by atoms with Crippen molar-refractivity contribution in [1.82, 2.24) is 0 Å². The Hall–Kier alpha value is -5.12. The summed E-state index contributed by atoms with van der Waals surface area (Å²) in [4.78, 5) is 29.3. The minimum Gasteiger partial charge on any atom is -0.258 e. The largest absolute Gasteiger partial charge is 0.416 e. The van der Waals surface area contributed by atoms with Crippen molar-refractivity contribution >= 4 is 28.7 Å². The van der Waals surface area contributed by atoms with Crippen LogP contribution in [0, 0.1) is 48.6 Å². The van der Waals surface area contributed by atoms with Crippen LogP contribution in [0.3, 0.4) is 0 Å². The molecule has 3 aromatic carbocycles. The number of hydrogen-bond acceptors (Lipinski definition) is 7. The molecule has 0 saturated heterocycles. The van der Waals surface area contributed by atoms with Crippen molar-refractivity contribution in [1.29, 1.82) is 5.26 Å². The molecule has 0 fully saturated rings. The first-order valence-corrected chi connectivity index (χ1v) is 9.76. The zero-order valence-electron chi connectivity index (χ0n) is 18.3. The Balaban J connectivity index is 0.000000297. The van der Waals surface area contributed by atoms with Gasteiger partial charge in [0.2, 0.25) is 0 Å². The molecule has 0 heterocycles. The molecule has 0 bridgehead atoms. The molecule has 0 aliphatic rings. The van der Waals surface area contributed by atoms with Gasteiger partial charge in [0.1, 0.15) is 0 Å². The molecule has 0 aliphatic carbocycles. The van der Waals surface area contributed by atoms with Gasteiger partial charge in [-0.05, 0) is 54.0 Å². The maximum absolute atomic E-state index is 12.7. The maximum atomic E-state index is 12.7. The van der Waals surface area contributed by atoms with Crippen LogP contribution >= 0.6 is 0 Å². The predicted molar refractivity (Wildman–Crippen MR) is 123 cm³/mol. The van der Waals surface area contributed by atoms with Crippen molar-refractivity contribution in [3.63, 3.8) is 0 Å². The van der Waals surface area contributed by atoms with Crippen LogP contribution in [0.5, 0.6) is 0 Å². The third kappa shape index (κ3) is 7.45. The summed E-state index contributed by atoms with van der Waals surface area (Å²) in [7, 11) is 0. The summed E-state index contributed by atoms with van der Waals surface area (Å²) in [5.74, 6) is 0. The average molecular weight is 500 g/mol. The summed E-state index contributed by atoms with van der Waals surface area (Å²) >= 11 is 0. The molecule has 3 aromatic rings. The van der Waals surface area contributed by atoms with Gasteiger partial charge in [-0.25, -0.2) is 0 Å². The van der Waals surface area contributed by atoms with Crippen LogP contribution in [0.15, 0.2) is 66.7 Å². The minimum absolute atomic E-state index is 0.0324. The van der Waals surface area contributed by atoms with E-state index in [2.05, 4.69) is 0 Å². The quantitative estimate of drug-likeness (QED) is 0.168. The Morgan fingerprint density at radius 2 is 1.36 bits per heavy atom. The van der Waals surface area contributed by atoms with Gasteiger partial charge in [-0.15, -0.1) is 0 Å². The zero-order valence-corrected chi connectivity index (χ0v) is 18.3. The molecule has 0 atom stereocenters. The highest BCUT2D eigenvalue weighted by Crippen LogP contribution is 2.31. The third-order valence-corrected chi connectivity index (χ3v) is 4.50. The Bertz CT molecular complexity index is 1350. The van der Waals surface area contributed by atoms with E-state index in [1.54, 1.807) is 6.92 Å². The second-order valence-electron chi connectivity index (χ2n) is 7.14. The van der Waals surface area contributed by atoms with Crippen LogP contribution in [0.25, 0.3) is 11.6 Å². The molecule has 10 nitrogen and oxygen atoms in total. The lowest BCUT2D eigenvalue weighted by atomic mass is 10.0. The third-order valence-electron chi connectivity index (χ3n) is 4.50. The lowest BCUT2D eigenvalue weighted by Crippen LogP contribution is -2.04. The number of hydrogen-bond donors (Lipinski definition) is 0.